The van der Waals surface area contributed by atoms with Crippen molar-refractivity contribution >= 4 is 27.7 Å². The predicted octanol–water partition coefficient (Wildman–Crippen LogP) is 3.73. The zero-order chi connectivity index (χ0) is 13.4. The van der Waals surface area contributed by atoms with Crippen LogP contribution in [-0.4, -0.2) is 31.7 Å². The molecule has 1 rings (SSSR count). The van der Waals surface area contributed by atoms with Crippen molar-refractivity contribution in [1.29, 1.82) is 0 Å². The number of hydrogen-bond donors (Lipinski definition) is 1. The van der Waals surface area contributed by atoms with Crippen LogP contribution in [-0.2, 0) is 6.42 Å². The van der Waals surface area contributed by atoms with Gasteiger partial charge in [0, 0.05) is 16.3 Å². The average molecular weight is 332 g/mol. The Labute approximate surface area is 123 Å². The van der Waals surface area contributed by atoms with Crippen molar-refractivity contribution in [3.8, 4) is 5.75 Å². The lowest BCUT2D eigenvalue weighted by atomic mass is 10.1. The molecule has 4 heteroatoms. The molecule has 0 heterocycles. The van der Waals surface area contributed by atoms with Crippen LogP contribution >= 0.6 is 27.7 Å². The SMILES string of the molecule is CCCSCC(Cc1cc(Br)ccc1OC)NC. The molecule has 1 aromatic carbocycles. The second-order valence-electron chi connectivity index (χ2n) is 4.22. The van der Waals surface area contributed by atoms with Crippen LogP contribution in [0.5, 0.6) is 5.75 Å². The van der Waals surface area contributed by atoms with Crippen molar-refractivity contribution in [2.75, 3.05) is 25.7 Å². The van der Waals surface area contributed by atoms with Crippen molar-refractivity contribution in [2.24, 2.45) is 0 Å². The number of halogens is 1. The first kappa shape index (κ1) is 15.9. The third kappa shape index (κ3) is 5.21. The monoisotopic (exact) mass is 331 g/mol. The minimum absolute atomic E-state index is 0.491. The highest BCUT2D eigenvalue weighted by atomic mass is 79.9. The van der Waals surface area contributed by atoms with Crippen LogP contribution in [0.2, 0.25) is 0 Å². The van der Waals surface area contributed by atoms with Gasteiger partial charge in [-0.05, 0) is 49.4 Å². The molecule has 0 saturated heterocycles. The van der Waals surface area contributed by atoms with Gasteiger partial charge >= 0.3 is 0 Å². The van der Waals surface area contributed by atoms with E-state index in [1.807, 2.05) is 30.9 Å². The molecule has 1 N–H and O–H groups in total. The number of hydrogen-bond acceptors (Lipinski definition) is 3. The van der Waals surface area contributed by atoms with Crippen LogP contribution in [0, 0.1) is 0 Å². The summed E-state index contributed by atoms with van der Waals surface area (Å²) in [6.07, 6.45) is 2.23. The Morgan fingerprint density at radius 2 is 2.22 bits per heavy atom. The molecular formula is C14H22BrNOS. The maximum absolute atomic E-state index is 5.42. The molecule has 102 valence electrons. The summed E-state index contributed by atoms with van der Waals surface area (Å²) in [5.74, 6) is 3.34. The second-order valence-corrected chi connectivity index (χ2v) is 6.29. The quantitative estimate of drug-likeness (QED) is 0.733. The van der Waals surface area contributed by atoms with Gasteiger partial charge in [-0.2, -0.15) is 11.8 Å². The fourth-order valence-electron chi connectivity index (χ4n) is 1.79. The standard InChI is InChI=1S/C14H22BrNOS/c1-4-7-18-10-13(16-2)9-11-8-12(15)5-6-14(11)17-3/h5-6,8,13,16H,4,7,9-10H2,1-3H3. The Kier molecular flexibility index (Phi) is 7.79. The molecule has 0 aliphatic heterocycles. The van der Waals surface area contributed by atoms with Crippen LogP contribution in [0.4, 0.5) is 0 Å². The first-order chi connectivity index (χ1) is 8.71. The van der Waals surface area contributed by atoms with Crippen LogP contribution < -0.4 is 10.1 Å². The normalized spacial score (nSPS) is 12.4. The molecule has 1 atom stereocenters. The molecule has 1 aromatic rings. The fraction of sp³-hybridized carbons (Fsp3) is 0.571. The summed E-state index contributed by atoms with van der Waals surface area (Å²) in [5.41, 5.74) is 1.25. The molecule has 18 heavy (non-hydrogen) atoms. The fourth-order valence-corrected chi connectivity index (χ4v) is 3.22. The van der Waals surface area contributed by atoms with Crippen molar-refractivity contribution in [2.45, 2.75) is 25.8 Å². The summed E-state index contributed by atoms with van der Waals surface area (Å²) in [6.45, 7) is 2.22. The topological polar surface area (TPSA) is 21.3 Å². The molecule has 0 saturated carbocycles. The van der Waals surface area contributed by atoms with E-state index in [2.05, 4.69) is 34.2 Å². The zero-order valence-electron chi connectivity index (χ0n) is 11.3. The van der Waals surface area contributed by atoms with E-state index in [0.717, 1.165) is 22.4 Å². The second kappa shape index (κ2) is 8.83. The lowest BCUT2D eigenvalue weighted by Crippen LogP contribution is -2.30. The third-order valence-corrected chi connectivity index (χ3v) is 4.61. The van der Waals surface area contributed by atoms with Gasteiger partial charge in [-0.1, -0.05) is 22.9 Å². The van der Waals surface area contributed by atoms with Crippen molar-refractivity contribution < 1.29 is 4.74 Å². The van der Waals surface area contributed by atoms with Crippen molar-refractivity contribution in [1.82, 2.24) is 5.32 Å². The molecule has 2 nitrogen and oxygen atoms in total. The Morgan fingerprint density at radius 3 is 2.83 bits per heavy atom. The van der Waals surface area contributed by atoms with Gasteiger partial charge in [-0.15, -0.1) is 0 Å². The first-order valence-electron chi connectivity index (χ1n) is 6.28. The molecular weight excluding hydrogens is 310 g/mol. The Balaban J connectivity index is 2.65. The average Bonchev–Trinajstić information content (AvgIpc) is 2.38. The highest BCUT2D eigenvalue weighted by molar-refractivity contribution is 9.10. The number of nitrogens with one attached hydrogen (secondary N) is 1. The maximum Gasteiger partial charge on any atom is 0.122 e. The van der Waals surface area contributed by atoms with Crippen LogP contribution in [0.3, 0.4) is 0 Å². The molecule has 0 bridgehead atoms. The summed E-state index contributed by atoms with van der Waals surface area (Å²) in [5, 5.41) is 3.39. The maximum atomic E-state index is 5.42. The Hall–Kier alpha value is -0.190. The molecule has 0 radical (unpaired) electrons. The van der Waals surface area contributed by atoms with E-state index in [-0.39, 0.29) is 0 Å². The molecule has 0 aliphatic carbocycles. The molecule has 0 aliphatic rings. The number of rotatable bonds is 8. The van der Waals surface area contributed by atoms with E-state index in [9.17, 15) is 0 Å². The Morgan fingerprint density at radius 1 is 1.44 bits per heavy atom. The molecule has 1 unspecified atom stereocenters. The zero-order valence-corrected chi connectivity index (χ0v) is 13.7. The van der Waals surface area contributed by atoms with E-state index in [1.165, 1.54) is 17.7 Å². The van der Waals surface area contributed by atoms with Crippen molar-refractivity contribution in [3.63, 3.8) is 0 Å². The summed E-state index contributed by atoms with van der Waals surface area (Å²) in [7, 11) is 3.76. The molecule has 0 amide bonds. The number of likely N-dealkylation sites (N-methyl/N-ethyl adjacent to an activating group) is 1. The van der Waals surface area contributed by atoms with Gasteiger partial charge < -0.3 is 10.1 Å². The number of benzene rings is 1. The smallest absolute Gasteiger partial charge is 0.122 e. The van der Waals surface area contributed by atoms with Gasteiger partial charge in [0.05, 0.1) is 7.11 Å². The molecule has 0 fully saturated rings. The van der Waals surface area contributed by atoms with Crippen molar-refractivity contribution in [3.05, 3.63) is 28.2 Å². The summed E-state index contributed by atoms with van der Waals surface area (Å²) in [6, 6.07) is 6.67. The minimum Gasteiger partial charge on any atom is -0.496 e. The highest BCUT2D eigenvalue weighted by Crippen LogP contribution is 2.24. The van der Waals surface area contributed by atoms with E-state index < -0.39 is 0 Å². The van der Waals surface area contributed by atoms with Gasteiger partial charge in [-0.25, -0.2) is 0 Å². The minimum atomic E-state index is 0.491. The van der Waals surface area contributed by atoms with E-state index in [4.69, 9.17) is 4.74 Å². The van der Waals surface area contributed by atoms with Gasteiger partial charge in [-0.3, -0.25) is 0 Å². The number of ether oxygens (including phenoxy) is 1. The summed E-state index contributed by atoms with van der Waals surface area (Å²) >= 11 is 5.53. The number of thioether (sulfide) groups is 1. The van der Waals surface area contributed by atoms with Gasteiger partial charge in [0.2, 0.25) is 0 Å². The predicted molar refractivity (Wildman–Crippen MR) is 84.9 cm³/mol. The van der Waals surface area contributed by atoms with Crippen LogP contribution in [0.15, 0.2) is 22.7 Å². The highest BCUT2D eigenvalue weighted by Gasteiger charge is 2.11. The van der Waals surface area contributed by atoms with E-state index in [1.54, 1.807) is 7.11 Å². The van der Waals surface area contributed by atoms with Gasteiger partial charge in [0.25, 0.3) is 0 Å². The van der Waals surface area contributed by atoms with E-state index in [0.29, 0.717) is 6.04 Å². The van der Waals surface area contributed by atoms with Gasteiger partial charge in [0.15, 0.2) is 0 Å². The summed E-state index contributed by atoms with van der Waals surface area (Å²) in [4.78, 5) is 0. The van der Waals surface area contributed by atoms with Crippen LogP contribution in [0.25, 0.3) is 0 Å². The molecule has 0 spiro atoms. The van der Waals surface area contributed by atoms with E-state index >= 15 is 0 Å². The Bertz CT molecular complexity index is 360. The van der Waals surface area contributed by atoms with Crippen LogP contribution in [0.1, 0.15) is 18.9 Å². The molecule has 0 aromatic heterocycles. The third-order valence-electron chi connectivity index (χ3n) is 2.78. The lowest BCUT2D eigenvalue weighted by molar-refractivity contribution is 0.407. The lowest BCUT2D eigenvalue weighted by Gasteiger charge is -2.17. The largest absolute Gasteiger partial charge is 0.496 e. The summed E-state index contributed by atoms with van der Waals surface area (Å²) < 4.78 is 6.52. The van der Waals surface area contributed by atoms with Gasteiger partial charge in [0.1, 0.15) is 5.75 Å². The first-order valence-corrected chi connectivity index (χ1v) is 8.23. The number of methoxy groups -OCH3 is 1.